The Balaban J connectivity index is 1.41. The van der Waals surface area contributed by atoms with Crippen LogP contribution in [-0.2, 0) is 17.6 Å². The van der Waals surface area contributed by atoms with E-state index in [1.165, 1.54) is 0 Å². The highest BCUT2D eigenvalue weighted by atomic mass is 32.1. The van der Waals surface area contributed by atoms with Crippen LogP contribution in [0, 0.1) is 6.92 Å². The molecule has 0 bridgehead atoms. The fourth-order valence-electron chi connectivity index (χ4n) is 4.08. The zero-order valence-electron chi connectivity index (χ0n) is 20.3. The van der Waals surface area contributed by atoms with Crippen LogP contribution in [0.2, 0.25) is 0 Å². The monoisotopic (exact) mass is 507 g/mol. The van der Waals surface area contributed by atoms with Crippen LogP contribution in [0.4, 0.5) is 11.5 Å². The molecule has 0 fully saturated rings. The zero-order chi connectivity index (χ0) is 25.8. The van der Waals surface area contributed by atoms with E-state index in [4.69, 9.17) is 19.5 Å². The number of carboxylic acids is 1. The molecule has 6 nitrogen and oxygen atoms in total. The number of aliphatic carboxylic acids is 1. The van der Waals surface area contributed by atoms with E-state index in [2.05, 4.69) is 30.1 Å². The molecule has 5 aromatic rings. The minimum atomic E-state index is -0.853. The Morgan fingerprint density at radius 1 is 1.08 bits per heavy atom. The molecule has 0 spiro atoms. The summed E-state index contributed by atoms with van der Waals surface area (Å²) in [4.78, 5) is 22.7. The third-order valence-electron chi connectivity index (χ3n) is 5.92. The first-order valence-corrected chi connectivity index (χ1v) is 12.6. The molecule has 0 amide bonds. The van der Waals surface area contributed by atoms with Crippen molar-refractivity contribution >= 4 is 51.9 Å². The Bertz CT molecular complexity index is 1610. The van der Waals surface area contributed by atoms with Crippen LogP contribution in [0.25, 0.3) is 33.8 Å². The summed E-state index contributed by atoms with van der Waals surface area (Å²) in [6, 6.07) is 19.4. The number of benzene rings is 2. The van der Waals surface area contributed by atoms with Crippen molar-refractivity contribution in [2.45, 2.75) is 19.8 Å². The number of para-hydroxylation sites is 1. The lowest BCUT2D eigenvalue weighted by molar-refractivity contribution is -0.136. The molecule has 7 heteroatoms. The molecule has 37 heavy (non-hydrogen) atoms. The fraction of sp³-hybridized carbons (Fsp3) is 0.100. The lowest BCUT2D eigenvalue weighted by Crippen LogP contribution is -2.05. The van der Waals surface area contributed by atoms with Gasteiger partial charge in [-0.2, -0.15) is 0 Å². The Labute approximate surface area is 218 Å². The molecule has 0 radical (unpaired) electrons. The number of nitrogens with one attached hydrogen (secondary N) is 1. The largest absolute Gasteiger partial charge is 0.481 e. The lowest BCUT2D eigenvalue weighted by Gasteiger charge is -2.14. The molecular weight excluding hydrogens is 482 g/mol. The minimum absolute atomic E-state index is 0.00919. The number of thiophene rings is 1. The Hall–Kier alpha value is -4.49. The summed E-state index contributed by atoms with van der Waals surface area (Å²) in [5, 5.41) is 13.5. The van der Waals surface area contributed by atoms with Gasteiger partial charge in [0.2, 0.25) is 0 Å². The lowest BCUT2D eigenvalue weighted by atomic mass is 10.1. The number of carbonyl (C=O) groups is 1. The van der Waals surface area contributed by atoms with Crippen molar-refractivity contribution in [2.75, 3.05) is 5.32 Å². The van der Waals surface area contributed by atoms with Gasteiger partial charge in [-0.1, -0.05) is 36.4 Å². The van der Waals surface area contributed by atoms with Crippen LogP contribution in [0.3, 0.4) is 0 Å². The highest BCUT2D eigenvalue weighted by Gasteiger charge is 2.14. The molecule has 2 aromatic carbocycles. The Morgan fingerprint density at radius 3 is 2.68 bits per heavy atom. The number of furan rings is 1. The average molecular weight is 508 g/mol. The predicted molar refractivity (Wildman–Crippen MR) is 150 cm³/mol. The van der Waals surface area contributed by atoms with E-state index >= 15 is 0 Å². The van der Waals surface area contributed by atoms with E-state index in [0.717, 1.165) is 48.8 Å². The second-order valence-electron chi connectivity index (χ2n) is 8.57. The van der Waals surface area contributed by atoms with Gasteiger partial charge in [-0.3, -0.25) is 4.79 Å². The highest BCUT2D eigenvalue weighted by Crippen LogP contribution is 2.31. The first kappa shape index (κ1) is 24.2. The molecule has 3 aromatic heterocycles. The van der Waals surface area contributed by atoms with Crippen molar-refractivity contribution in [3.63, 3.8) is 0 Å². The summed E-state index contributed by atoms with van der Waals surface area (Å²) in [6.45, 7) is 5.85. The quantitative estimate of drug-likeness (QED) is 0.201. The molecule has 0 aliphatic rings. The standard InChI is InChI=1S/C30H25N3O3S/c1-3-6-24-19(2)31-30(33-29(24)32-22-12-9-20(10-13-22)17-28(34)35)27-16-15-23(37-27)14-11-21-18-36-26-8-5-4-7-25(21)26/h3-5,7-16,18H,1,6,17H2,2H3,(H,34,35)(H,31,32,33)/b14-11+. The summed E-state index contributed by atoms with van der Waals surface area (Å²) in [5.74, 6) is 0.505. The number of aromatic nitrogens is 2. The average Bonchev–Trinajstić information content (AvgIpc) is 3.53. The SMILES string of the molecule is C=CCc1c(C)nc(-c2ccc(/C=C/c3coc4ccccc34)s2)nc1Nc1ccc(CC(=O)O)cc1. The normalized spacial score (nSPS) is 11.3. The molecule has 5 rings (SSSR count). The van der Waals surface area contributed by atoms with E-state index in [9.17, 15) is 4.79 Å². The molecule has 0 unspecified atom stereocenters. The van der Waals surface area contributed by atoms with Crippen LogP contribution >= 0.6 is 11.3 Å². The van der Waals surface area contributed by atoms with E-state index in [-0.39, 0.29) is 6.42 Å². The van der Waals surface area contributed by atoms with Gasteiger partial charge < -0.3 is 14.8 Å². The summed E-state index contributed by atoms with van der Waals surface area (Å²) < 4.78 is 5.63. The van der Waals surface area contributed by atoms with Gasteiger partial charge >= 0.3 is 5.97 Å². The van der Waals surface area contributed by atoms with Crippen molar-refractivity contribution in [2.24, 2.45) is 0 Å². The van der Waals surface area contributed by atoms with Gasteiger partial charge in [0, 0.05) is 32.8 Å². The second kappa shape index (κ2) is 10.6. The second-order valence-corrected chi connectivity index (χ2v) is 9.68. The smallest absolute Gasteiger partial charge is 0.307 e. The highest BCUT2D eigenvalue weighted by molar-refractivity contribution is 7.16. The summed E-state index contributed by atoms with van der Waals surface area (Å²) >= 11 is 1.62. The van der Waals surface area contributed by atoms with Crippen LogP contribution in [0.5, 0.6) is 0 Å². The number of nitrogens with zero attached hydrogens (tertiary/aromatic N) is 2. The molecule has 0 saturated heterocycles. The number of hydrogen-bond acceptors (Lipinski definition) is 6. The number of rotatable bonds is 9. The molecule has 0 aliphatic carbocycles. The van der Waals surface area contributed by atoms with E-state index < -0.39 is 5.97 Å². The van der Waals surface area contributed by atoms with Crippen LogP contribution in [-0.4, -0.2) is 21.0 Å². The third-order valence-corrected chi connectivity index (χ3v) is 6.97. The third kappa shape index (κ3) is 5.52. The first-order valence-electron chi connectivity index (χ1n) is 11.8. The molecule has 3 heterocycles. The predicted octanol–water partition coefficient (Wildman–Crippen LogP) is 7.53. The molecule has 2 N–H and O–H groups in total. The molecule has 0 aliphatic heterocycles. The molecule has 184 valence electrons. The summed E-state index contributed by atoms with van der Waals surface area (Å²) in [7, 11) is 0. The fourth-order valence-corrected chi connectivity index (χ4v) is 4.92. The first-order chi connectivity index (χ1) is 18.0. The number of carboxylic acid groups (broad SMARTS) is 1. The molecule has 0 atom stereocenters. The minimum Gasteiger partial charge on any atom is -0.481 e. The van der Waals surface area contributed by atoms with Crippen LogP contribution < -0.4 is 5.32 Å². The van der Waals surface area contributed by atoms with Gasteiger partial charge in [0.25, 0.3) is 0 Å². The van der Waals surface area contributed by atoms with Gasteiger partial charge in [-0.15, -0.1) is 17.9 Å². The zero-order valence-corrected chi connectivity index (χ0v) is 21.1. The van der Waals surface area contributed by atoms with Gasteiger partial charge in [0.05, 0.1) is 17.6 Å². The number of hydrogen-bond donors (Lipinski definition) is 2. The van der Waals surface area contributed by atoms with Crippen molar-refractivity contribution in [1.82, 2.24) is 9.97 Å². The number of fused-ring (bicyclic) bond motifs is 1. The summed E-state index contributed by atoms with van der Waals surface area (Å²) in [5.41, 5.74) is 5.32. The van der Waals surface area contributed by atoms with Gasteiger partial charge in [-0.25, -0.2) is 9.97 Å². The van der Waals surface area contributed by atoms with Crippen molar-refractivity contribution in [1.29, 1.82) is 0 Å². The van der Waals surface area contributed by atoms with Crippen molar-refractivity contribution < 1.29 is 14.3 Å². The van der Waals surface area contributed by atoms with Gasteiger partial charge in [0.1, 0.15) is 11.4 Å². The number of allylic oxidation sites excluding steroid dienone is 1. The van der Waals surface area contributed by atoms with Gasteiger partial charge in [-0.05, 0) is 61.4 Å². The Morgan fingerprint density at radius 2 is 1.89 bits per heavy atom. The molecular formula is C30H25N3O3S. The van der Waals surface area contributed by atoms with Crippen LogP contribution in [0.15, 0.2) is 84.0 Å². The number of anilines is 2. The number of aryl methyl sites for hydroxylation is 1. The maximum atomic E-state index is 11.0. The van der Waals surface area contributed by atoms with Crippen LogP contribution in [0.1, 0.15) is 27.3 Å². The van der Waals surface area contributed by atoms with E-state index in [0.29, 0.717) is 18.1 Å². The van der Waals surface area contributed by atoms with Crippen molar-refractivity contribution in [3.8, 4) is 10.7 Å². The van der Waals surface area contributed by atoms with E-state index in [1.807, 2.05) is 55.5 Å². The Kier molecular flexibility index (Phi) is 6.96. The van der Waals surface area contributed by atoms with Gasteiger partial charge in [0.15, 0.2) is 5.82 Å². The maximum absolute atomic E-state index is 11.0. The summed E-state index contributed by atoms with van der Waals surface area (Å²) in [6.07, 6.45) is 8.35. The topological polar surface area (TPSA) is 88.3 Å². The maximum Gasteiger partial charge on any atom is 0.307 e. The van der Waals surface area contributed by atoms with E-state index in [1.54, 1.807) is 29.7 Å². The van der Waals surface area contributed by atoms with Crippen molar-refractivity contribution in [3.05, 3.63) is 107 Å². The molecule has 0 saturated carbocycles.